The van der Waals surface area contributed by atoms with Gasteiger partial charge < -0.3 is 4.98 Å². The van der Waals surface area contributed by atoms with Gasteiger partial charge in [-0.1, -0.05) is 0 Å². The number of aromatic amines is 1. The fourth-order valence-electron chi connectivity index (χ4n) is 0.885. The quantitative estimate of drug-likeness (QED) is 0.677. The van der Waals surface area contributed by atoms with Gasteiger partial charge in [0, 0.05) is 11.9 Å². The van der Waals surface area contributed by atoms with Crippen molar-refractivity contribution in [2.24, 2.45) is 5.14 Å². The summed E-state index contributed by atoms with van der Waals surface area (Å²) >= 11 is 0. The summed E-state index contributed by atoms with van der Waals surface area (Å²) in [5.74, 6) is 0.0199. The van der Waals surface area contributed by atoms with Gasteiger partial charge in [0.15, 0.2) is 0 Å². The monoisotopic (exact) mass is 189 g/mol. The maximum absolute atomic E-state index is 10.5. The molecule has 6 heteroatoms. The number of sulfonamides is 1. The standard InChI is InChI=1S/C6H11N3O2S/c7-12(10,11)3-1-2-6-4-8-5-9-6/h4-5H,1-3H2,(H,8,9)(H2,7,10,11). The minimum Gasteiger partial charge on any atom is -0.348 e. The molecule has 0 atom stereocenters. The second-order valence-electron chi connectivity index (χ2n) is 2.55. The van der Waals surface area contributed by atoms with E-state index in [0.717, 1.165) is 5.69 Å². The van der Waals surface area contributed by atoms with Crippen LogP contribution in [0.3, 0.4) is 0 Å². The number of hydrogen-bond donors (Lipinski definition) is 2. The first-order valence-corrected chi connectivity index (χ1v) is 5.27. The van der Waals surface area contributed by atoms with Gasteiger partial charge >= 0.3 is 0 Å². The van der Waals surface area contributed by atoms with Crippen LogP contribution in [0.25, 0.3) is 0 Å². The van der Waals surface area contributed by atoms with E-state index in [4.69, 9.17) is 5.14 Å². The number of rotatable bonds is 4. The minimum atomic E-state index is -3.31. The van der Waals surface area contributed by atoms with Crippen LogP contribution in [-0.4, -0.2) is 24.1 Å². The zero-order valence-electron chi connectivity index (χ0n) is 6.53. The van der Waals surface area contributed by atoms with Gasteiger partial charge in [-0.05, 0) is 12.8 Å². The molecule has 0 spiro atoms. The lowest BCUT2D eigenvalue weighted by atomic mass is 10.3. The van der Waals surface area contributed by atoms with E-state index < -0.39 is 10.0 Å². The highest BCUT2D eigenvalue weighted by molar-refractivity contribution is 7.89. The van der Waals surface area contributed by atoms with Crippen LogP contribution < -0.4 is 5.14 Å². The number of imidazole rings is 1. The number of primary sulfonamides is 1. The molecule has 0 saturated heterocycles. The number of nitrogens with two attached hydrogens (primary N) is 1. The molecule has 1 heterocycles. The molecular formula is C6H11N3O2S. The third-order valence-electron chi connectivity index (χ3n) is 1.43. The van der Waals surface area contributed by atoms with E-state index in [2.05, 4.69) is 9.97 Å². The molecule has 0 amide bonds. The van der Waals surface area contributed by atoms with Crippen molar-refractivity contribution in [3.05, 3.63) is 18.2 Å². The van der Waals surface area contributed by atoms with E-state index in [1.807, 2.05) is 0 Å². The highest BCUT2D eigenvalue weighted by Crippen LogP contribution is 1.97. The van der Waals surface area contributed by atoms with E-state index in [0.29, 0.717) is 12.8 Å². The molecule has 0 aliphatic heterocycles. The van der Waals surface area contributed by atoms with Gasteiger partial charge in [-0.3, -0.25) is 0 Å². The van der Waals surface area contributed by atoms with E-state index in [1.165, 1.54) is 0 Å². The smallest absolute Gasteiger partial charge is 0.209 e. The van der Waals surface area contributed by atoms with Crippen LogP contribution in [0.1, 0.15) is 12.1 Å². The topological polar surface area (TPSA) is 88.8 Å². The molecule has 0 fully saturated rings. The number of aromatic nitrogens is 2. The number of H-pyrrole nitrogens is 1. The van der Waals surface area contributed by atoms with Crippen LogP contribution in [0.15, 0.2) is 12.5 Å². The Bertz CT molecular complexity index is 317. The lowest BCUT2D eigenvalue weighted by Crippen LogP contribution is -2.16. The highest BCUT2D eigenvalue weighted by atomic mass is 32.2. The molecular weight excluding hydrogens is 178 g/mol. The van der Waals surface area contributed by atoms with Gasteiger partial charge in [-0.15, -0.1) is 0 Å². The van der Waals surface area contributed by atoms with E-state index in [9.17, 15) is 8.42 Å². The summed E-state index contributed by atoms with van der Waals surface area (Å²) in [6.45, 7) is 0. The molecule has 0 aromatic carbocycles. The van der Waals surface area contributed by atoms with E-state index in [1.54, 1.807) is 12.5 Å². The van der Waals surface area contributed by atoms with E-state index >= 15 is 0 Å². The lowest BCUT2D eigenvalue weighted by Gasteiger charge is -1.95. The summed E-state index contributed by atoms with van der Waals surface area (Å²) in [7, 11) is -3.31. The van der Waals surface area contributed by atoms with Gasteiger partial charge in [0.1, 0.15) is 0 Å². The first-order valence-electron chi connectivity index (χ1n) is 3.56. The van der Waals surface area contributed by atoms with Crippen LogP contribution in [0.5, 0.6) is 0 Å². The second-order valence-corrected chi connectivity index (χ2v) is 4.28. The van der Waals surface area contributed by atoms with Crippen molar-refractivity contribution in [2.45, 2.75) is 12.8 Å². The van der Waals surface area contributed by atoms with Crippen molar-refractivity contribution >= 4 is 10.0 Å². The molecule has 0 aliphatic rings. The second kappa shape index (κ2) is 3.68. The maximum atomic E-state index is 10.5. The fourth-order valence-corrected chi connectivity index (χ4v) is 1.43. The van der Waals surface area contributed by atoms with Crippen LogP contribution in [0.4, 0.5) is 0 Å². The Morgan fingerprint density at radius 3 is 2.83 bits per heavy atom. The number of nitrogens with zero attached hydrogens (tertiary/aromatic N) is 1. The Balaban J connectivity index is 2.29. The largest absolute Gasteiger partial charge is 0.348 e. The van der Waals surface area contributed by atoms with Crippen molar-refractivity contribution in [1.82, 2.24) is 9.97 Å². The van der Waals surface area contributed by atoms with Gasteiger partial charge in [-0.25, -0.2) is 18.5 Å². The van der Waals surface area contributed by atoms with Gasteiger partial charge in [0.2, 0.25) is 10.0 Å². The fraction of sp³-hybridized carbons (Fsp3) is 0.500. The molecule has 0 radical (unpaired) electrons. The molecule has 5 nitrogen and oxygen atoms in total. The van der Waals surface area contributed by atoms with Crippen molar-refractivity contribution in [1.29, 1.82) is 0 Å². The van der Waals surface area contributed by atoms with Gasteiger partial charge in [0.25, 0.3) is 0 Å². The molecule has 0 aliphatic carbocycles. The molecule has 1 rings (SSSR count). The summed E-state index contributed by atoms with van der Waals surface area (Å²) in [5.41, 5.74) is 0.929. The number of nitrogens with one attached hydrogen (secondary N) is 1. The van der Waals surface area contributed by atoms with Crippen molar-refractivity contribution < 1.29 is 8.42 Å². The Morgan fingerprint density at radius 2 is 2.33 bits per heavy atom. The number of hydrogen-bond acceptors (Lipinski definition) is 3. The first kappa shape index (κ1) is 9.21. The Hall–Kier alpha value is -0.880. The zero-order chi connectivity index (χ0) is 9.03. The molecule has 12 heavy (non-hydrogen) atoms. The first-order chi connectivity index (χ1) is 5.58. The van der Waals surface area contributed by atoms with Crippen LogP contribution in [0, 0.1) is 0 Å². The van der Waals surface area contributed by atoms with Crippen LogP contribution >= 0.6 is 0 Å². The highest BCUT2D eigenvalue weighted by Gasteiger charge is 2.02. The summed E-state index contributed by atoms with van der Waals surface area (Å²) in [6, 6.07) is 0. The minimum absolute atomic E-state index is 0.0199. The molecule has 3 N–H and O–H groups in total. The molecule has 0 bridgehead atoms. The van der Waals surface area contributed by atoms with Crippen molar-refractivity contribution in [3.63, 3.8) is 0 Å². The average molecular weight is 189 g/mol. The maximum Gasteiger partial charge on any atom is 0.209 e. The summed E-state index contributed by atoms with van der Waals surface area (Å²) in [4.78, 5) is 6.68. The number of aryl methyl sites for hydroxylation is 1. The SMILES string of the molecule is NS(=O)(=O)CCCc1cnc[nH]1. The van der Waals surface area contributed by atoms with Crippen LogP contribution in [-0.2, 0) is 16.4 Å². The van der Waals surface area contributed by atoms with Crippen molar-refractivity contribution in [2.75, 3.05) is 5.75 Å². The normalized spacial score (nSPS) is 11.8. The average Bonchev–Trinajstić information content (AvgIpc) is 2.36. The Kier molecular flexibility index (Phi) is 2.83. The molecule has 1 aromatic heterocycles. The molecule has 68 valence electrons. The lowest BCUT2D eigenvalue weighted by molar-refractivity contribution is 0.595. The molecule has 1 aromatic rings. The predicted octanol–water partition coefficient (Wildman–Crippen LogP) is -0.369. The third-order valence-corrected chi connectivity index (χ3v) is 2.29. The Labute approximate surface area is 71.1 Å². The third kappa shape index (κ3) is 3.49. The Morgan fingerprint density at radius 1 is 1.58 bits per heavy atom. The van der Waals surface area contributed by atoms with Crippen molar-refractivity contribution in [3.8, 4) is 0 Å². The summed E-state index contributed by atoms with van der Waals surface area (Å²) < 4.78 is 21.0. The summed E-state index contributed by atoms with van der Waals surface area (Å²) in [5, 5.41) is 4.82. The predicted molar refractivity (Wildman–Crippen MR) is 44.9 cm³/mol. The molecule has 0 unspecified atom stereocenters. The van der Waals surface area contributed by atoms with Gasteiger partial charge in [0.05, 0.1) is 12.1 Å². The van der Waals surface area contributed by atoms with E-state index in [-0.39, 0.29) is 5.75 Å². The van der Waals surface area contributed by atoms with Gasteiger partial charge in [-0.2, -0.15) is 0 Å². The molecule has 0 saturated carbocycles. The van der Waals surface area contributed by atoms with Crippen LogP contribution in [0.2, 0.25) is 0 Å². The zero-order valence-corrected chi connectivity index (χ0v) is 7.34. The summed E-state index contributed by atoms with van der Waals surface area (Å²) in [6.07, 6.45) is 4.42.